The first-order valence-electron chi connectivity index (χ1n) is 8.39. The summed E-state index contributed by atoms with van der Waals surface area (Å²) in [7, 11) is 1.43. The number of likely N-dealkylation sites (tertiary alicyclic amines) is 1. The molecule has 0 spiro atoms. The zero-order valence-corrected chi connectivity index (χ0v) is 15.0. The topological polar surface area (TPSA) is 134 Å². The van der Waals surface area contributed by atoms with Gasteiger partial charge in [-0.05, 0) is 30.0 Å². The van der Waals surface area contributed by atoms with Gasteiger partial charge in [-0.3, -0.25) is 14.5 Å². The van der Waals surface area contributed by atoms with Crippen LogP contribution in [0.5, 0.6) is 5.75 Å². The van der Waals surface area contributed by atoms with Crippen LogP contribution in [0.25, 0.3) is 0 Å². The number of rotatable bonds is 5. The highest BCUT2D eigenvalue weighted by molar-refractivity contribution is 5.91. The zero-order valence-electron chi connectivity index (χ0n) is 15.0. The van der Waals surface area contributed by atoms with Crippen molar-refractivity contribution in [2.75, 3.05) is 33.4 Å². The summed E-state index contributed by atoms with van der Waals surface area (Å²) in [5.41, 5.74) is 0.0940. The van der Waals surface area contributed by atoms with Gasteiger partial charge in [0.05, 0.1) is 13.7 Å². The normalized spacial score (nSPS) is 24.3. The fraction of sp³-hybridized carbons (Fsp3) is 0.500. The molecule has 1 aromatic carbocycles. The highest BCUT2D eigenvalue weighted by Gasteiger charge is 2.53. The maximum absolute atomic E-state index is 11.8. The van der Waals surface area contributed by atoms with Crippen LogP contribution in [0.3, 0.4) is 0 Å². The molecule has 2 heterocycles. The van der Waals surface area contributed by atoms with Gasteiger partial charge in [0.15, 0.2) is 0 Å². The quantitative estimate of drug-likeness (QED) is 0.639. The molecule has 1 aromatic rings. The van der Waals surface area contributed by atoms with Crippen molar-refractivity contribution < 1.29 is 39.2 Å². The number of carbonyl (C=O) groups is 3. The monoisotopic (exact) mass is 381 g/mol. The van der Waals surface area contributed by atoms with Gasteiger partial charge in [-0.2, -0.15) is 0 Å². The molecule has 9 heteroatoms. The van der Waals surface area contributed by atoms with Gasteiger partial charge >= 0.3 is 11.9 Å². The molecule has 2 aliphatic heterocycles. The van der Waals surface area contributed by atoms with Gasteiger partial charge in [0.2, 0.25) is 0 Å². The second kappa shape index (κ2) is 8.83. The number of ether oxygens (including phenoxy) is 2. The molecule has 27 heavy (non-hydrogen) atoms. The van der Waals surface area contributed by atoms with Crippen LogP contribution in [0.1, 0.15) is 22.3 Å². The number of carboxylic acids is 2. The highest BCUT2D eigenvalue weighted by atomic mass is 16.5. The molecule has 0 unspecified atom stereocenters. The Morgan fingerprint density at radius 2 is 2.11 bits per heavy atom. The van der Waals surface area contributed by atoms with Crippen LogP contribution in [0.4, 0.5) is 0 Å². The lowest BCUT2D eigenvalue weighted by Crippen LogP contribution is -2.46. The zero-order chi connectivity index (χ0) is 20.0. The molecule has 3 rings (SSSR count). The van der Waals surface area contributed by atoms with E-state index in [9.17, 15) is 19.8 Å². The van der Waals surface area contributed by atoms with E-state index in [1.807, 2.05) is 6.07 Å². The van der Waals surface area contributed by atoms with Crippen molar-refractivity contribution in [3.8, 4) is 5.75 Å². The van der Waals surface area contributed by atoms with E-state index in [2.05, 4.69) is 4.90 Å². The van der Waals surface area contributed by atoms with E-state index in [0.29, 0.717) is 32.0 Å². The van der Waals surface area contributed by atoms with Crippen LogP contribution in [-0.2, 0) is 20.9 Å². The molecule has 0 saturated carbocycles. The number of carboxylic acid groups (broad SMARTS) is 3. The number of nitrogens with zero attached hydrogens (tertiary/aromatic N) is 1. The Bertz CT molecular complexity index is 707. The summed E-state index contributed by atoms with van der Waals surface area (Å²) in [5, 5.41) is 25.8. The molecule has 2 saturated heterocycles. The summed E-state index contributed by atoms with van der Waals surface area (Å²) in [6.45, 7) is 2.20. The first kappa shape index (κ1) is 20.7. The van der Waals surface area contributed by atoms with Crippen molar-refractivity contribution in [1.29, 1.82) is 0 Å². The molecule has 148 valence electrons. The van der Waals surface area contributed by atoms with E-state index in [1.54, 1.807) is 12.1 Å². The minimum atomic E-state index is -1.04. The summed E-state index contributed by atoms with van der Waals surface area (Å²) < 4.78 is 10.5. The van der Waals surface area contributed by atoms with Crippen LogP contribution in [0, 0.1) is 11.3 Å². The predicted octanol–water partition coefficient (Wildman–Crippen LogP) is 1.02. The van der Waals surface area contributed by atoms with Crippen LogP contribution < -0.4 is 4.74 Å². The Kier molecular flexibility index (Phi) is 6.75. The molecule has 9 nitrogen and oxygen atoms in total. The van der Waals surface area contributed by atoms with Crippen molar-refractivity contribution in [2.45, 2.75) is 13.0 Å². The molecule has 0 radical (unpaired) electrons. The van der Waals surface area contributed by atoms with Crippen LogP contribution in [0.2, 0.25) is 0 Å². The summed E-state index contributed by atoms with van der Waals surface area (Å²) in [6.07, 6.45) is 0.742. The van der Waals surface area contributed by atoms with Crippen molar-refractivity contribution in [3.63, 3.8) is 0 Å². The Balaban J connectivity index is 0.000000817. The smallest absolute Gasteiger partial charge is 0.339 e. The van der Waals surface area contributed by atoms with Crippen molar-refractivity contribution in [1.82, 2.24) is 4.90 Å². The third kappa shape index (κ3) is 4.37. The third-order valence-corrected chi connectivity index (χ3v) is 5.06. The Hall–Kier alpha value is -2.65. The van der Waals surface area contributed by atoms with Crippen molar-refractivity contribution in [3.05, 3.63) is 29.3 Å². The lowest BCUT2D eigenvalue weighted by molar-refractivity contribution is -0.159. The molecule has 2 aliphatic rings. The number of methoxy groups -OCH3 is 1. The fourth-order valence-electron chi connectivity index (χ4n) is 3.79. The van der Waals surface area contributed by atoms with Crippen molar-refractivity contribution in [2.24, 2.45) is 11.3 Å². The number of aliphatic carboxylic acids is 1. The van der Waals surface area contributed by atoms with Crippen molar-refractivity contribution >= 4 is 18.4 Å². The van der Waals surface area contributed by atoms with Gasteiger partial charge in [-0.1, -0.05) is 6.07 Å². The third-order valence-electron chi connectivity index (χ3n) is 5.06. The van der Waals surface area contributed by atoms with E-state index in [1.165, 1.54) is 7.11 Å². The second-order valence-corrected chi connectivity index (χ2v) is 6.61. The Labute approximate surface area is 156 Å². The van der Waals surface area contributed by atoms with Gasteiger partial charge in [-0.25, -0.2) is 4.79 Å². The summed E-state index contributed by atoms with van der Waals surface area (Å²) >= 11 is 0. The molecule has 3 N–H and O–H groups in total. The number of hydrogen-bond donors (Lipinski definition) is 3. The minimum absolute atomic E-state index is 0.0703. The largest absolute Gasteiger partial charge is 0.496 e. The molecule has 2 fully saturated rings. The average Bonchev–Trinajstić information content (AvgIpc) is 3.01. The van der Waals surface area contributed by atoms with E-state index in [4.69, 9.17) is 19.4 Å². The van der Waals surface area contributed by atoms with Crippen LogP contribution in [0.15, 0.2) is 18.2 Å². The second-order valence-electron chi connectivity index (χ2n) is 6.61. The van der Waals surface area contributed by atoms with Gasteiger partial charge in [-0.15, -0.1) is 0 Å². The summed E-state index contributed by atoms with van der Waals surface area (Å²) in [6, 6.07) is 5.04. The first-order chi connectivity index (χ1) is 12.9. The Morgan fingerprint density at radius 3 is 2.67 bits per heavy atom. The molecule has 0 amide bonds. The van der Waals surface area contributed by atoms with E-state index < -0.39 is 17.4 Å². The standard InChI is InChI=1S/C17H21NO6.CH2O2/c1-23-14-3-2-11(6-13(14)15(19)20)7-18-8-12-4-5-24-10-17(12,9-18)16(21)22;2-1-3/h2-3,6,12H,4-5,7-10H2,1H3,(H,19,20)(H,21,22);1H,(H,2,3)/t12-,17+;/m0./s1. The highest BCUT2D eigenvalue weighted by Crippen LogP contribution is 2.42. The van der Waals surface area contributed by atoms with Gasteiger partial charge in [0.25, 0.3) is 6.47 Å². The van der Waals surface area contributed by atoms with E-state index >= 15 is 0 Å². The number of benzene rings is 1. The maximum Gasteiger partial charge on any atom is 0.339 e. The van der Waals surface area contributed by atoms with Gasteiger partial charge in [0, 0.05) is 26.2 Å². The predicted molar refractivity (Wildman–Crippen MR) is 92.9 cm³/mol. The van der Waals surface area contributed by atoms with Gasteiger partial charge in [0.1, 0.15) is 16.7 Å². The van der Waals surface area contributed by atoms with E-state index in [0.717, 1.165) is 12.0 Å². The Morgan fingerprint density at radius 1 is 1.41 bits per heavy atom. The average molecular weight is 381 g/mol. The number of hydrogen-bond acceptors (Lipinski definition) is 6. The SMILES string of the molecule is COc1ccc(CN2C[C@@H]3CCOC[C@]3(C(=O)O)C2)cc1C(=O)O.O=CO. The molecule has 2 atom stereocenters. The molecular formula is C18H23NO8. The van der Waals surface area contributed by atoms with Crippen LogP contribution in [-0.4, -0.2) is 72.0 Å². The first-order valence-corrected chi connectivity index (χ1v) is 8.39. The molecular weight excluding hydrogens is 358 g/mol. The fourth-order valence-corrected chi connectivity index (χ4v) is 3.79. The maximum atomic E-state index is 11.8. The van der Waals surface area contributed by atoms with E-state index in [-0.39, 0.29) is 24.6 Å². The molecule has 0 aliphatic carbocycles. The molecule has 0 aromatic heterocycles. The number of fused-ring (bicyclic) bond motifs is 1. The van der Waals surface area contributed by atoms with Gasteiger partial charge < -0.3 is 24.8 Å². The number of aromatic carboxylic acids is 1. The van der Waals surface area contributed by atoms with Crippen LogP contribution >= 0.6 is 0 Å². The lowest BCUT2D eigenvalue weighted by atomic mass is 9.76. The summed E-state index contributed by atoms with van der Waals surface area (Å²) in [5.74, 6) is -1.47. The lowest BCUT2D eigenvalue weighted by Gasteiger charge is -2.34. The molecule has 0 bridgehead atoms. The minimum Gasteiger partial charge on any atom is -0.496 e. The summed E-state index contributed by atoms with van der Waals surface area (Å²) in [4.78, 5) is 33.5.